The van der Waals surface area contributed by atoms with E-state index in [4.69, 9.17) is 33.0 Å². The quantitative estimate of drug-likeness (QED) is 0.640. The van der Waals surface area contributed by atoms with Crippen molar-refractivity contribution >= 4 is 56.8 Å². The molecule has 0 aromatic heterocycles. The molecule has 0 fully saturated rings. The van der Waals surface area contributed by atoms with Crippen molar-refractivity contribution in [3.8, 4) is 0 Å². The Balaban J connectivity index is 2.58. The highest BCUT2D eigenvalue weighted by atomic mass is 79.9. The molecule has 6 nitrogen and oxygen atoms in total. The number of hydrogen-bond donors (Lipinski definition) is 3. The summed E-state index contributed by atoms with van der Waals surface area (Å²) >= 11 is 15.1. The molecular weight excluding hydrogens is 387 g/mol. The highest BCUT2D eigenvalue weighted by Crippen LogP contribution is 2.35. The summed E-state index contributed by atoms with van der Waals surface area (Å²) in [6.45, 7) is 0.0521. The summed E-state index contributed by atoms with van der Waals surface area (Å²) in [6.07, 6.45) is -0.820. The lowest BCUT2D eigenvalue weighted by molar-refractivity contribution is -0.139. The maximum absolute atomic E-state index is 11.7. The Kier molecular flexibility index (Phi) is 7.24. The summed E-state index contributed by atoms with van der Waals surface area (Å²) in [7, 11) is 1.37. The molecule has 1 rings (SSSR count). The van der Waals surface area contributed by atoms with Gasteiger partial charge in [-0.25, -0.2) is 4.79 Å². The van der Waals surface area contributed by atoms with Crippen LogP contribution in [0.4, 0.5) is 10.5 Å². The average Bonchev–Trinajstić information content (AvgIpc) is 2.43. The van der Waals surface area contributed by atoms with Gasteiger partial charge in [0.25, 0.3) is 0 Å². The van der Waals surface area contributed by atoms with Crippen LogP contribution in [0.1, 0.15) is 6.42 Å². The van der Waals surface area contributed by atoms with Crippen LogP contribution in [0.25, 0.3) is 0 Å². The van der Waals surface area contributed by atoms with Crippen LogP contribution in [-0.4, -0.2) is 36.9 Å². The van der Waals surface area contributed by atoms with Crippen LogP contribution < -0.4 is 10.6 Å². The fraction of sp³-hybridized carbons (Fsp3) is 0.333. The van der Waals surface area contributed by atoms with Crippen LogP contribution in [-0.2, 0) is 9.53 Å². The van der Waals surface area contributed by atoms with Crippen LogP contribution in [0.3, 0.4) is 0 Å². The number of nitrogens with one attached hydrogen (secondary N) is 2. The van der Waals surface area contributed by atoms with E-state index in [9.17, 15) is 9.59 Å². The topological polar surface area (TPSA) is 87.7 Å². The number of aliphatic carboxylic acids is 1. The van der Waals surface area contributed by atoms with Gasteiger partial charge in [0.05, 0.1) is 28.3 Å². The Morgan fingerprint density at radius 3 is 2.62 bits per heavy atom. The third-order valence-corrected chi connectivity index (χ3v) is 4.28. The van der Waals surface area contributed by atoms with Crippen LogP contribution in [0.2, 0.25) is 10.0 Å². The summed E-state index contributed by atoms with van der Waals surface area (Å²) in [5, 5.41) is 14.2. The van der Waals surface area contributed by atoms with Crippen molar-refractivity contribution in [3.63, 3.8) is 0 Å². The Hall–Kier alpha value is -1.02. The first kappa shape index (κ1) is 18.0. The number of anilines is 1. The van der Waals surface area contributed by atoms with E-state index < -0.39 is 18.1 Å². The minimum Gasteiger partial charge on any atom is -0.481 e. The molecule has 0 heterocycles. The highest BCUT2D eigenvalue weighted by Gasteiger charge is 2.15. The minimum absolute atomic E-state index is 0.0521. The molecule has 2 amide bonds. The van der Waals surface area contributed by atoms with Crippen molar-refractivity contribution in [1.82, 2.24) is 5.32 Å². The third-order valence-electron chi connectivity index (χ3n) is 2.51. The summed E-state index contributed by atoms with van der Waals surface area (Å²) in [4.78, 5) is 22.3. The number of carboxylic acid groups (broad SMARTS) is 1. The van der Waals surface area contributed by atoms with E-state index in [-0.39, 0.29) is 23.0 Å². The Morgan fingerprint density at radius 2 is 2.05 bits per heavy atom. The fourth-order valence-corrected chi connectivity index (χ4v) is 2.25. The summed E-state index contributed by atoms with van der Waals surface area (Å²) in [5.74, 6) is -1.01. The van der Waals surface area contributed by atoms with Crippen LogP contribution >= 0.6 is 39.1 Å². The van der Waals surface area contributed by atoms with Crippen molar-refractivity contribution in [2.75, 3.05) is 19.0 Å². The van der Waals surface area contributed by atoms with Gasteiger partial charge in [-0.05, 0) is 28.1 Å². The highest BCUT2D eigenvalue weighted by molar-refractivity contribution is 9.10. The number of benzene rings is 1. The van der Waals surface area contributed by atoms with E-state index in [2.05, 4.69) is 26.6 Å². The molecule has 9 heteroatoms. The van der Waals surface area contributed by atoms with Crippen molar-refractivity contribution in [1.29, 1.82) is 0 Å². The normalized spacial score (nSPS) is 11.8. The van der Waals surface area contributed by atoms with E-state index in [0.29, 0.717) is 10.2 Å². The summed E-state index contributed by atoms with van der Waals surface area (Å²) in [6, 6.07) is 2.69. The number of urea groups is 1. The smallest absolute Gasteiger partial charge is 0.319 e. The number of methoxy groups -OCH3 is 1. The maximum Gasteiger partial charge on any atom is 0.319 e. The van der Waals surface area contributed by atoms with E-state index >= 15 is 0 Å². The van der Waals surface area contributed by atoms with E-state index in [1.807, 2.05) is 0 Å². The van der Waals surface area contributed by atoms with Crippen LogP contribution in [0, 0.1) is 0 Å². The second kappa shape index (κ2) is 8.43. The van der Waals surface area contributed by atoms with Crippen LogP contribution in [0.15, 0.2) is 16.6 Å². The van der Waals surface area contributed by atoms with Gasteiger partial charge in [0.1, 0.15) is 0 Å². The predicted molar refractivity (Wildman–Crippen MR) is 84.2 cm³/mol. The number of carboxylic acids is 1. The molecule has 1 atom stereocenters. The lowest BCUT2D eigenvalue weighted by Gasteiger charge is -2.15. The molecule has 0 radical (unpaired) electrons. The molecule has 116 valence electrons. The van der Waals surface area contributed by atoms with Gasteiger partial charge in [-0.15, -0.1) is 0 Å². The van der Waals surface area contributed by atoms with Gasteiger partial charge in [-0.1, -0.05) is 23.2 Å². The molecule has 0 aliphatic rings. The van der Waals surface area contributed by atoms with Crippen molar-refractivity contribution < 1.29 is 19.4 Å². The van der Waals surface area contributed by atoms with Crippen molar-refractivity contribution in [2.45, 2.75) is 12.5 Å². The zero-order valence-corrected chi connectivity index (χ0v) is 14.0. The molecule has 0 aliphatic heterocycles. The SMILES string of the molecule is COC(CNC(=O)Nc1ccc(Br)c(Cl)c1Cl)CC(=O)O. The first-order valence-electron chi connectivity index (χ1n) is 5.78. The second-order valence-electron chi connectivity index (χ2n) is 4.01. The standard InChI is InChI=1S/C12H13BrCl2N2O4/c1-21-6(4-9(18)19)5-16-12(20)17-8-3-2-7(13)10(14)11(8)15/h2-3,6H,4-5H2,1H3,(H,18,19)(H2,16,17,20). The Bertz CT molecular complexity index is 542. The maximum atomic E-state index is 11.7. The largest absolute Gasteiger partial charge is 0.481 e. The number of rotatable bonds is 6. The first-order valence-corrected chi connectivity index (χ1v) is 7.33. The summed E-state index contributed by atoms with van der Waals surface area (Å²) in [5.41, 5.74) is 0.342. The molecule has 1 unspecified atom stereocenters. The van der Waals surface area contributed by atoms with Gasteiger partial charge in [0.2, 0.25) is 0 Å². The van der Waals surface area contributed by atoms with E-state index in [1.54, 1.807) is 12.1 Å². The van der Waals surface area contributed by atoms with E-state index in [0.717, 1.165) is 0 Å². The lowest BCUT2D eigenvalue weighted by atomic mass is 10.2. The van der Waals surface area contributed by atoms with Gasteiger partial charge in [-0.3, -0.25) is 4.79 Å². The number of carbonyl (C=O) groups excluding carboxylic acids is 1. The molecule has 3 N–H and O–H groups in total. The minimum atomic E-state index is -1.01. The zero-order valence-electron chi connectivity index (χ0n) is 11.0. The van der Waals surface area contributed by atoms with Crippen molar-refractivity contribution in [3.05, 3.63) is 26.7 Å². The zero-order chi connectivity index (χ0) is 16.0. The Labute approximate surface area is 139 Å². The molecule has 0 bridgehead atoms. The fourth-order valence-electron chi connectivity index (χ4n) is 1.43. The molecule has 1 aromatic rings. The number of ether oxygens (including phenoxy) is 1. The third kappa shape index (κ3) is 5.70. The van der Waals surface area contributed by atoms with Crippen LogP contribution in [0.5, 0.6) is 0 Å². The average molecular weight is 400 g/mol. The monoisotopic (exact) mass is 398 g/mol. The summed E-state index contributed by atoms with van der Waals surface area (Å²) < 4.78 is 5.56. The van der Waals surface area contributed by atoms with Gasteiger partial charge in [-0.2, -0.15) is 0 Å². The second-order valence-corrected chi connectivity index (χ2v) is 5.62. The molecule has 0 spiro atoms. The molecule has 0 aliphatic carbocycles. The molecular formula is C12H13BrCl2N2O4. The number of amides is 2. The Morgan fingerprint density at radius 1 is 1.38 bits per heavy atom. The van der Waals surface area contributed by atoms with Gasteiger partial charge in [0.15, 0.2) is 0 Å². The molecule has 21 heavy (non-hydrogen) atoms. The molecule has 1 aromatic carbocycles. The molecule has 0 saturated carbocycles. The van der Waals surface area contributed by atoms with Gasteiger partial charge < -0.3 is 20.5 Å². The lowest BCUT2D eigenvalue weighted by Crippen LogP contribution is -2.37. The van der Waals surface area contributed by atoms with E-state index in [1.165, 1.54) is 7.11 Å². The first-order chi connectivity index (χ1) is 9.85. The number of hydrogen-bond acceptors (Lipinski definition) is 3. The number of carbonyl (C=O) groups is 2. The number of halogens is 3. The van der Waals surface area contributed by atoms with Crippen molar-refractivity contribution in [2.24, 2.45) is 0 Å². The van der Waals surface area contributed by atoms with Gasteiger partial charge in [0, 0.05) is 18.1 Å². The predicted octanol–water partition coefficient (Wildman–Crippen LogP) is 3.37. The molecule has 0 saturated heterocycles. The van der Waals surface area contributed by atoms with Gasteiger partial charge >= 0.3 is 12.0 Å².